The van der Waals surface area contributed by atoms with Crippen molar-refractivity contribution in [3.63, 3.8) is 0 Å². The van der Waals surface area contributed by atoms with Gasteiger partial charge in [0.05, 0.1) is 31.0 Å². The summed E-state index contributed by atoms with van der Waals surface area (Å²) in [5.74, 6) is -3.45. The van der Waals surface area contributed by atoms with Gasteiger partial charge in [-0.05, 0) is 77.7 Å². The van der Waals surface area contributed by atoms with E-state index in [0.717, 1.165) is 32.7 Å². The van der Waals surface area contributed by atoms with Gasteiger partial charge in [-0.15, -0.1) is 0 Å². The molecule has 1 N–H and O–H groups in total. The molecule has 2 aliphatic rings. The average Bonchev–Trinajstić information content (AvgIpc) is 3.54. The molecule has 51 heavy (non-hydrogen) atoms. The molecule has 2 heterocycles. The van der Waals surface area contributed by atoms with Gasteiger partial charge in [-0.1, -0.05) is 90.5 Å². The van der Waals surface area contributed by atoms with Gasteiger partial charge in [0.1, 0.15) is 6.61 Å². The van der Waals surface area contributed by atoms with Crippen LogP contribution in [0, 0.1) is 0 Å². The molecule has 0 saturated carbocycles. The first-order chi connectivity index (χ1) is 24.7. The molecule has 2 aliphatic heterocycles. The Balaban J connectivity index is 1.40. The van der Waals surface area contributed by atoms with E-state index in [9.17, 15) is 14.4 Å². The molecule has 1 spiro atoms. The van der Waals surface area contributed by atoms with Crippen LogP contribution in [0.15, 0.2) is 114 Å². The number of ether oxygens (including phenoxy) is 3. The average molecular weight is 703 g/mol. The van der Waals surface area contributed by atoms with E-state index in [0.29, 0.717) is 16.3 Å². The molecule has 10 heteroatoms. The molecule has 5 aromatic rings. The number of carbonyl (C=O) groups is 4. The van der Waals surface area contributed by atoms with Crippen LogP contribution in [-0.4, -0.2) is 42.6 Å². The molecule has 0 aromatic heterocycles. The van der Waals surface area contributed by atoms with Crippen LogP contribution in [0.25, 0.3) is 21.5 Å². The van der Waals surface area contributed by atoms with Crippen molar-refractivity contribution in [2.75, 3.05) is 18.1 Å². The third-order valence-corrected chi connectivity index (χ3v) is 9.91. The summed E-state index contributed by atoms with van der Waals surface area (Å²) in [4.78, 5) is 59.4. The summed E-state index contributed by atoms with van der Waals surface area (Å²) in [5, 5.41) is 7.31. The van der Waals surface area contributed by atoms with Gasteiger partial charge in [0.2, 0.25) is 5.54 Å². The molecule has 1 atom stereocenters. The molecule has 9 nitrogen and oxygen atoms in total. The maximum atomic E-state index is 15.1. The summed E-state index contributed by atoms with van der Waals surface area (Å²) < 4.78 is 17.1. The minimum Gasteiger partial charge on any atom is -0.464 e. The number of anilines is 1. The van der Waals surface area contributed by atoms with E-state index >= 15 is 4.79 Å². The lowest BCUT2D eigenvalue weighted by Gasteiger charge is -2.32. The normalized spacial score (nSPS) is 17.6. The predicted octanol–water partition coefficient (Wildman–Crippen LogP) is 6.92. The number of amides is 1. The van der Waals surface area contributed by atoms with Crippen LogP contribution in [-0.2, 0) is 52.1 Å². The maximum Gasteiger partial charge on any atom is 0.342 e. The number of nitrogens with one attached hydrogen (secondary N) is 1. The van der Waals surface area contributed by atoms with Crippen molar-refractivity contribution in [1.29, 1.82) is 0 Å². The second kappa shape index (κ2) is 13.3. The predicted molar refractivity (Wildman–Crippen MR) is 194 cm³/mol. The Bertz CT molecular complexity index is 2210. The molecule has 5 aromatic carbocycles. The summed E-state index contributed by atoms with van der Waals surface area (Å²) in [5.41, 5.74) is -2.21. The zero-order valence-corrected chi connectivity index (χ0v) is 29.1. The Morgan fingerprint density at radius 3 is 2.00 bits per heavy atom. The highest BCUT2D eigenvalue weighted by molar-refractivity contribution is 6.30. The second-order valence-corrected chi connectivity index (χ2v) is 12.9. The second-order valence-electron chi connectivity index (χ2n) is 12.5. The van der Waals surface area contributed by atoms with Crippen LogP contribution in [0.1, 0.15) is 37.5 Å². The van der Waals surface area contributed by atoms with E-state index < -0.39 is 34.9 Å². The minimum absolute atomic E-state index is 0.0417. The molecule has 7 rings (SSSR count). The third-order valence-electron chi connectivity index (χ3n) is 9.68. The minimum atomic E-state index is -2.33. The lowest BCUT2D eigenvalue weighted by atomic mass is 9.83. The number of hydrogen-bond acceptors (Lipinski definition) is 8. The summed E-state index contributed by atoms with van der Waals surface area (Å²) in [6.45, 7) is 4.48. The number of benzene rings is 5. The number of nitrogens with zero attached hydrogens (tertiary/aromatic N) is 1. The van der Waals surface area contributed by atoms with Crippen molar-refractivity contribution >= 4 is 62.6 Å². The molecule has 0 saturated heterocycles. The first kappa shape index (κ1) is 34.0. The quantitative estimate of drug-likeness (QED) is 0.0763. The van der Waals surface area contributed by atoms with E-state index in [2.05, 4.69) is 11.4 Å². The van der Waals surface area contributed by atoms with E-state index in [-0.39, 0.29) is 37.5 Å². The van der Waals surface area contributed by atoms with Gasteiger partial charge in [0.25, 0.3) is 5.91 Å². The van der Waals surface area contributed by atoms with Crippen molar-refractivity contribution in [3.8, 4) is 0 Å². The topological polar surface area (TPSA) is 111 Å². The molecule has 1 amide bonds. The Kier molecular flexibility index (Phi) is 8.87. The van der Waals surface area contributed by atoms with E-state index in [1.165, 1.54) is 11.8 Å². The Morgan fingerprint density at radius 2 is 1.37 bits per heavy atom. The van der Waals surface area contributed by atoms with Gasteiger partial charge in [-0.3, -0.25) is 10.1 Å². The molecule has 0 bridgehead atoms. The van der Waals surface area contributed by atoms with Crippen LogP contribution in [0.5, 0.6) is 0 Å². The van der Waals surface area contributed by atoms with Crippen LogP contribution < -0.4 is 10.2 Å². The van der Waals surface area contributed by atoms with Crippen molar-refractivity contribution in [3.05, 3.63) is 136 Å². The van der Waals surface area contributed by atoms with E-state index in [4.69, 9.17) is 25.8 Å². The largest absolute Gasteiger partial charge is 0.464 e. The zero-order valence-electron chi connectivity index (χ0n) is 28.3. The lowest BCUT2D eigenvalue weighted by Crippen LogP contribution is -2.64. The summed E-state index contributed by atoms with van der Waals surface area (Å²) in [6.07, 6.45) is 0. The van der Waals surface area contributed by atoms with Crippen molar-refractivity contribution < 1.29 is 33.4 Å². The first-order valence-electron chi connectivity index (χ1n) is 16.7. The van der Waals surface area contributed by atoms with Crippen molar-refractivity contribution in [2.45, 2.75) is 45.0 Å². The third kappa shape index (κ3) is 5.35. The van der Waals surface area contributed by atoms with Crippen molar-refractivity contribution in [1.82, 2.24) is 5.32 Å². The fraction of sp³-hybridized carbons (Fsp3) is 0.220. The highest BCUT2D eigenvalue weighted by Gasteiger charge is 2.70. The van der Waals surface area contributed by atoms with Gasteiger partial charge in [-0.25, -0.2) is 14.4 Å². The number of carbonyl (C=O) groups excluding carboxylic acids is 4. The Hall–Kier alpha value is -5.51. The summed E-state index contributed by atoms with van der Waals surface area (Å²) >= 11 is 6.31. The lowest BCUT2D eigenvalue weighted by molar-refractivity contribution is -0.164. The molecular weight excluding hydrogens is 668 g/mol. The zero-order chi connectivity index (χ0) is 35.9. The number of hydrogen-bond donors (Lipinski definition) is 1. The number of rotatable bonds is 9. The highest BCUT2D eigenvalue weighted by Crippen LogP contribution is 2.53. The number of esters is 3. The molecule has 258 valence electrons. The number of fused-ring (bicyclic) bond motifs is 4. The van der Waals surface area contributed by atoms with Crippen LogP contribution >= 0.6 is 11.6 Å². The maximum absolute atomic E-state index is 15.1. The Labute approximate surface area is 299 Å². The molecule has 0 fully saturated rings. The van der Waals surface area contributed by atoms with E-state index in [1.807, 2.05) is 54.6 Å². The van der Waals surface area contributed by atoms with Crippen molar-refractivity contribution in [2.24, 2.45) is 0 Å². The highest BCUT2D eigenvalue weighted by atomic mass is 35.5. The van der Waals surface area contributed by atoms with Crippen LogP contribution in [0.2, 0.25) is 5.02 Å². The van der Waals surface area contributed by atoms with E-state index in [1.54, 1.807) is 56.3 Å². The molecule has 0 aliphatic carbocycles. The van der Waals surface area contributed by atoms with Crippen LogP contribution in [0.3, 0.4) is 0 Å². The van der Waals surface area contributed by atoms with Gasteiger partial charge in [0.15, 0.2) is 5.54 Å². The first-order valence-corrected chi connectivity index (χ1v) is 17.1. The SMILES string of the molecule is CCOC(=O)C1(C(=O)OCC)N[C@@]2(C(=O)N(Cc3cccc(Cl)c3)c3ccccc32)C(C(=O)OCc2c3ccccc3cc3ccccc23)=C1C. The molecular formula is C41H35ClN2O7. The van der Waals surface area contributed by atoms with Gasteiger partial charge in [-0.2, -0.15) is 0 Å². The fourth-order valence-corrected chi connectivity index (χ4v) is 7.66. The van der Waals surface area contributed by atoms with Gasteiger partial charge in [0, 0.05) is 16.1 Å². The summed E-state index contributed by atoms with van der Waals surface area (Å²) in [7, 11) is 0. The number of halogens is 1. The van der Waals surface area contributed by atoms with Crippen LogP contribution in [0.4, 0.5) is 5.69 Å². The smallest absolute Gasteiger partial charge is 0.342 e. The number of para-hydroxylation sites is 1. The standard InChI is InChI=1S/C41H35ClN2O7/c1-4-49-38(47)40(39(48)50-5-2)25(3)35(36(45)51-24-32-30-17-8-6-14-27(30)22-28-15-7-9-18-31(28)32)41(43-40)33-19-10-11-20-34(33)44(37(41)46)23-26-13-12-16-29(42)21-26/h6-22,43H,4-5,23-24H2,1-3H3/t41-/m1/s1. The van der Waals surface area contributed by atoms with Gasteiger partial charge < -0.3 is 19.1 Å². The molecule has 0 radical (unpaired) electrons. The summed E-state index contributed by atoms with van der Waals surface area (Å²) in [6, 6.07) is 31.8. The molecule has 0 unspecified atom stereocenters. The van der Waals surface area contributed by atoms with Gasteiger partial charge >= 0.3 is 17.9 Å². The fourth-order valence-electron chi connectivity index (χ4n) is 7.45. The Morgan fingerprint density at radius 1 is 0.765 bits per heavy atom. The monoisotopic (exact) mass is 702 g/mol.